The van der Waals surface area contributed by atoms with Gasteiger partial charge in [-0.25, -0.2) is 15.0 Å². The van der Waals surface area contributed by atoms with Gasteiger partial charge in [0.05, 0.1) is 12.9 Å². The second-order valence-corrected chi connectivity index (χ2v) is 5.72. The zero-order chi connectivity index (χ0) is 16.8. The monoisotopic (exact) mass is 320 g/mol. The maximum atomic E-state index is 11.2. The molecule has 0 radical (unpaired) electrons. The molecule has 8 heteroatoms. The Morgan fingerprint density at radius 3 is 2.78 bits per heavy atom. The van der Waals surface area contributed by atoms with Gasteiger partial charge in [-0.3, -0.25) is 4.79 Å². The predicted molar refractivity (Wildman–Crippen MR) is 88.1 cm³/mol. The molecule has 0 bridgehead atoms. The molecule has 2 aromatic rings. The number of unbranched alkanes of at least 4 members (excludes halogenated alkanes) is 2. The number of aryl methyl sites for hydroxylation is 1. The number of imidazole rings is 1. The van der Waals surface area contributed by atoms with Gasteiger partial charge >= 0.3 is 5.97 Å². The van der Waals surface area contributed by atoms with Gasteiger partial charge in [-0.2, -0.15) is 0 Å². The SMILES string of the molecule is CC(N)C(=O)OCCCCCn1cnc2c(N(C)C)ncnc21. The Hall–Kier alpha value is -2.22. The summed E-state index contributed by atoms with van der Waals surface area (Å²) in [7, 11) is 3.87. The second kappa shape index (κ2) is 7.87. The highest BCUT2D eigenvalue weighted by molar-refractivity contribution is 5.82. The second-order valence-electron chi connectivity index (χ2n) is 5.72. The highest BCUT2D eigenvalue weighted by Gasteiger charge is 2.11. The molecule has 2 heterocycles. The van der Waals surface area contributed by atoms with Crippen LogP contribution < -0.4 is 10.6 Å². The fraction of sp³-hybridized carbons (Fsp3) is 0.600. The molecule has 0 aromatic carbocycles. The van der Waals surface area contributed by atoms with E-state index in [1.54, 1.807) is 19.6 Å². The molecule has 0 aliphatic heterocycles. The van der Waals surface area contributed by atoms with Crippen molar-refractivity contribution in [2.24, 2.45) is 5.73 Å². The zero-order valence-electron chi connectivity index (χ0n) is 13.9. The molecule has 0 amide bonds. The normalized spacial score (nSPS) is 12.3. The van der Waals surface area contributed by atoms with Crippen molar-refractivity contribution in [3.05, 3.63) is 12.7 Å². The minimum atomic E-state index is -0.558. The van der Waals surface area contributed by atoms with Crippen molar-refractivity contribution in [1.29, 1.82) is 0 Å². The summed E-state index contributed by atoms with van der Waals surface area (Å²) >= 11 is 0. The molecule has 0 saturated carbocycles. The van der Waals surface area contributed by atoms with Crippen LogP contribution in [0.25, 0.3) is 11.2 Å². The maximum absolute atomic E-state index is 11.2. The van der Waals surface area contributed by atoms with Crippen molar-refractivity contribution < 1.29 is 9.53 Å². The predicted octanol–water partition coefficient (Wildman–Crippen LogP) is 0.953. The summed E-state index contributed by atoms with van der Waals surface area (Å²) in [5.74, 6) is 0.468. The Morgan fingerprint density at radius 2 is 2.09 bits per heavy atom. The van der Waals surface area contributed by atoms with E-state index in [1.165, 1.54) is 0 Å². The van der Waals surface area contributed by atoms with Gasteiger partial charge in [0.25, 0.3) is 0 Å². The summed E-state index contributed by atoms with van der Waals surface area (Å²) in [6, 6.07) is -0.558. The minimum absolute atomic E-state index is 0.349. The quantitative estimate of drug-likeness (QED) is 0.571. The first kappa shape index (κ1) is 17.1. The number of aromatic nitrogens is 4. The van der Waals surface area contributed by atoms with E-state index >= 15 is 0 Å². The molecule has 2 N–H and O–H groups in total. The van der Waals surface area contributed by atoms with Gasteiger partial charge in [-0.15, -0.1) is 0 Å². The number of anilines is 1. The average Bonchev–Trinajstić information content (AvgIpc) is 2.93. The number of rotatable bonds is 8. The largest absolute Gasteiger partial charge is 0.465 e. The van der Waals surface area contributed by atoms with Crippen molar-refractivity contribution in [3.8, 4) is 0 Å². The number of carbonyl (C=O) groups is 1. The van der Waals surface area contributed by atoms with Crippen LogP contribution >= 0.6 is 0 Å². The van der Waals surface area contributed by atoms with E-state index in [9.17, 15) is 4.79 Å². The number of carbonyl (C=O) groups excluding carboxylic acids is 1. The van der Waals surface area contributed by atoms with Crippen LogP contribution in [-0.4, -0.2) is 52.2 Å². The molecule has 0 spiro atoms. The molecule has 0 saturated heterocycles. The van der Waals surface area contributed by atoms with Gasteiger partial charge in [0, 0.05) is 20.6 Å². The summed E-state index contributed by atoms with van der Waals surface area (Å²) in [5.41, 5.74) is 7.08. The van der Waals surface area contributed by atoms with E-state index in [2.05, 4.69) is 15.0 Å². The summed E-state index contributed by atoms with van der Waals surface area (Å²) in [4.78, 5) is 26.1. The Balaban J connectivity index is 1.82. The minimum Gasteiger partial charge on any atom is -0.465 e. The molecule has 8 nitrogen and oxygen atoms in total. The standard InChI is InChI=1S/C15H24N6O2/c1-11(16)15(22)23-8-6-4-5-7-21-10-19-12-13(20(2)3)17-9-18-14(12)21/h9-11H,4-8,16H2,1-3H3. The molecule has 1 unspecified atom stereocenters. The van der Waals surface area contributed by atoms with Gasteiger partial charge in [-0.1, -0.05) is 0 Å². The lowest BCUT2D eigenvalue weighted by molar-refractivity contribution is -0.144. The van der Waals surface area contributed by atoms with Crippen molar-refractivity contribution in [1.82, 2.24) is 19.5 Å². The van der Waals surface area contributed by atoms with Crippen LogP contribution in [0.1, 0.15) is 26.2 Å². The Labute approximate surface area is 135 Å². The average molecular weight is 320 g/mol. The van der Waals surface area contributed by atoms with Crippen molar-refractivity contribution >= 4 is 23.0 Å². The number of hydrogen-bond donors (Lipinski definition) is 1. The lowest BCUT2D eigenvalue weighted by Crippen LogP contribution is -2.28. The third kappa shape index (κ3) is 4.38. The molecule has 2 rings (SSSR count). The first-order valence-electron chi connectivity index (χ1n) is 7.76. The van der Waals surface area contributed by atoms with E-state index in [0.29, 0.717) is 6.61 Å². The molecule has 126 valence electrons. The molecule has 23 heavy (non-hydrogen) atoms. The Bertz CT molecular complexity index is 652. The van der Waals surface area contributed by atoms with Crippen molar-refractivity contribution in [2.45, 2.75) is 38.8 Å². The number of nitrogens with two attached hydrogens (primary N) is 1. The van der Waals surface area contributed by atoms with Crippen molar-refractivity contribution in [3.63, 3.8) is 0 Å². The molecule has 0 fully saturated rings. The first-order chi connectivity index (χ1) is 11.0. The number of fused-ring (bicyclic) bond motifs is 1. The summed E-state index contributed by atoms with van der Waals surface area (Å²) < 4.78 is 7.07. The van der Waals surface area contributed by atoms with Crippen molar-refractivity contribution in [2.75, 3.05) is 25.6 Å². The van der Waals surface area contributed by atoms with Gasteiger partial charge in [0.1, 0.15) is 12.4 Å². The van der Waals surface area contributed by atoms with E-state index in [4.69, 9.17) is 10.5 Å². The molecule has 2 aromatic heterocycles. The van der Waals surface area contributed by atoms with Crippen LogP contribution in [0.4, 0.5) is 5.82 Å². The maximum Gasteiger partial charge on any atom is 0.322 e. The number of hydrogen-bond acceptors (Lipinski definition) is 7. The Kier molecular flexibility index (Phi) is 5.86. The van der Waals surface area contributed by atoms with E-state index in [1.807, 2.05) is 23.6 Å². The number of ether oxygens (including phenoxy) is 1. The summed E-state index contributed by atoms with van der Waals surface area (Å²) in [6.45, 7) is 2.86. The summed E-state index contributed by atoms with van der Waals surface area (Å²) in [6.07, 6.45) is 6.09. The zero-order valence-corrected chi connectivity index (χ0v) is 13.9. The fourth-order valence-electron chi connectivity index (χ4n) is 2.22. The third-order valence-electron chi connectivity index (χ3n) is 3.46. The first-order valence-corrected chi connectivity index (χ1v) is 7.76. The van der Waals surface area contributed by atoms with E-state index in [0.717, 1.165) is 42.8 Å². The molecule has 0 aliphatic rings. The van der Waals surface area contributed by atoms with E-state index < -0.39 is 6.04 Å². The highest BCUT2D eigenvalue weighted by Crippen LogP contribution is 2.19. The van der Waals surface area contributed by atoms with E-state index in [-0.39, 0.29) is 5.97 Å². The van der Waals surface area contributed by atoms with Gasteiger partial charge in [0.15, 0.2) is 17.0 Å². The van der Waals surface area contributed by atoms with Crippen LogP contribution in [0.5, 0.6) is 0 Å². The smallest absolute Gasteiger partial charge is 0.322 e. The topological polar surface area (TPSA) is 99.2 Å². The Morgan fingerprint density at radius 1 is 1.30 bits per heavy atom. The molecular formula is C15H24N6O2. The van der Waals surface area contributed by atoms with Crippen LogP contribution in [0.3, 0.4) is 0 Å². The van der Waals surface area contributed by atoms with Crippen LogP contribution in [0.15, 0.2) is 12.7 Å². The van der Waals surface area contributed by atoms with Crippen LogP contribution in [0.2, 0.25) is 0 Å². The van der Waals surface area contributed by atoms with Crippen LogP contribution in [0, 0.1) is 0 Å². The lowest BCUT2D eigenvalue weighted by atomic mass is 10.2. The lowest BCUT2D eigenvalue weighted by Gasteiger charge is -2.11. The fourth-order valence-corrected chi connectivity index (χ4v) is 2.22. The van der Waals surface area contributed by atoms with Gasteiger partial charge in [0.2, 0.25) is 0 Å². The van der Waals surface area contributed by atoms with Gasteiger partial charge < -0.3 is 19.9 Å². The third-order valence-corrected chi connectivity index (χ3v) is 3.46. The molecule has 0 aliphatic carbocycles. The number of esters is 1. The molecule has 1 atom stereocenters. The van der Waals surface area contributed by atoms with Crippen LogP contribution in [-0.2, 0) is 16.1 Å². The molecular weight excluding hydrogens is 296 g/mol. The van der Waals surface area contributed by atoms with Gasteiger partial charge in [-0.05, 0) is 26.2 Å². The number of nitrogens with zero attached hydrogens (tertiary/aromatic N) is 5. The summed E-state index contributed by atoms with van der Waals surface area (Å²) in [5, 5.41) is 0. The highest BCUT2D eigenvalue weighted by atomic mass is 16.5.